The Labute approximate surface area is 132 Å². The minimum Gasteiger partial charge on any atom is -0.504 e. The molecule has 1 aliphatic heterocycles. The van der Waals surface area contributed by atoms with Crippen LogP contribution in [0.5, 0.6) is 11.5 Å². The zero-order valence-corrected chi connectivity index (χ0v) is 13.6. The second-order valence-electron chi connectivity index (χ2n) is 5.59. The van der Waals surface area contributed by atoms with Crippen LogP contribution in [-0.2, 0) is 6.54 Å². The molecular weight excluding hydrogens is 288 g/mol. The van der Waals surface area contributed by atoms with Crippen LogP contribution in [0.4, 0.5) is 0 Å². The first-order chi connectivity index (χ1) is 10.1. The largest absolute Gasteiger partial charge is 0.504 e. The summed E-state index contributed by atoms with van der Waals surface area (Å²) in [5.74, 6) is 0.626. The number of nitrogens with zero attached hydrogens (tertiary/aromatic N) is 1. The molecule has 0 bridgehead atoms. The minimum atomic E-state index is 0.192. The van der Waals surface area contributed by atoms with Gasteiger partial charge in [-0.15, -0.1) is 0 Å². The lowest BCUT2D eigenvalue weighted by atomic mass is 10.0. The van der Waals surface area contributed by atoms with Crippen LogP contribution < -0.4 is 10.1 Å². The van der Waals surface area contributed by atoms with Crippen LogP contribution in [0.15, 0.2) is 12.1 Å². The van der Waals surface area contributed by atoms with Crippen molar-refractivity contribution >= 4 is 11.6 Å². The van der Waals surface area contributed by atoms with Crippen molar-refractivity contribution in [1.29, 1.82) is 0 Å². The molecule has 0 aliphatic carbocycles. The number of hydrogen-bond donors (Lipinski definition) is 2. The van der Waals surface area contributed by atoms with Crippen LogP contribution in [0.25, 0.3) is 0 Å². The van der Waals surface area contributed by atoms with Crippen LogP contribution in [-0.4, -0.2) is 42.8 Å². The Morgan fingerprint density at radius 3 is 2.86 bits per heavy atom. The average molecular weight is 313 g/mol. The SMILES string of the molecule is CCN(Cc1cc(Cl)cc(OC)c1O)CC1CCCCN1. The Morgan fingerprint density at radius 1 is 1.43 bits per heavy atom. The fraction of sp³-hybridized carbons (Fsp3) is 0.625. The molecule has 4 nitrogen and oxygen atoms in total. The van der Waals surface area contributed by atoms with Crippen molar-refractivity contribution in [2.75, 3.05) is 26.7 Å². The first-order valence-corrected chi connectivity index (χ1v) is 8.03. The molecule has 0 saturated carbocycles. The number of phenols is 1. The van der Waals surface area contributed by atoms with E-state index in [1.54, 1.807) is 13.2 Å². The number of phenolic OH excluding ortho intramolecular Hbond substituents is 1. The van der Waals surface area contributed by atoms with Crippen LogP contribution >= 0.6 is 11.6 Å². The molecule has 118 valence electrons. The fourth-order valence-corrected chi connectivity index (χ4v) is 3.07. The molecule has 1 fully saturated rings. The van der Waals surface area contributed by atoms with E-state index >= 15 is 0 Å². The van der Waals surface area contributed by atoms with Gasteiger partial charge in [-0.3, -0.25) is 4.90 Å². The van der Waals surface area contributed by atoms with Gasteiger partial charge in [0.15, 0.2) is 11.5 Å². The number of hydrogen-bond acceptors (Lipinski definition) is 4. The van der Waals surface area contributed by atoms with Gasteiger partial charge in [0.1, 0.15) is 0 Å². The molecular formula is C16H25ClN2O2. The van der Waals surface area contributed by atoms with Crippen molar-refractivity contribution in [3.63, 3.8) is 0 Å². The van der Waals surface area contributed by atoms with E-state index in [1.165, 1.54) is 19.3 Å². The normalized spacial score (nSPS) is 19.0. The third kappa shape index (κ3) is 4.50. The summed E-state index contributed by atoms with van der Waals surface area (Å²) in [4.78, 5) is 2.33. The number of benzene rings is 1. The molecule has 1 aromatic rings. The second-order valence-corrected chi connectivity index (χ2v) is 6.03. The number of rotatable bonds is 6. The number of piperidine rings is 1. The van der Waals surface area contributed by atoms with Crippen LogP contribution in [0.1, 0.15) is 31.7 Å². The van der Waals surface area contributed by atoms with Gasteiger partial charge in [-0.05, 0) is 32.0 Å². The van der Waals surface area contributed by atoms with Crippen molar-refractivity contribution in [1.82, 2.24) is 10.2 Å². The summed E-state index contributed by atoms with van der Waals surface area (Å²) in [6, 6.07) is 4.00. The summed E-state index contributed by atoms with van der Waals surface area (Å²) < 4.78 is 5.17. The maximum atomic E-state index is 10.2. The van der Waals surface area contributed by atoms with Gasteiger partial charge in [-0.1, -0.05) is 24.9 Å². The van der Waals surface area contributed by atoms with Crippen molar-refractivity contribution < 1.29 is 9.84 Å². The number of methoxy groups -OCH3 is 1. The van der Waals surface area contributed by atoms with Gasteiger partial charge in [0.25, 0.3) is 0 Å². The molecule has 0 radical (unpaired) electrons. The first kappa shape index (κ1) is 16.4. The monoisotopic (exact) mass is 312 g/mol. The fourth-order valence-electron chi connectivity index (χ4n) is 2.84. The summed E-state index contributed by atoms with van der Waals surface area (Å²) in [6.45, 7) is 5.86. The molecule has 1 heterocycles. The third-order valence-corrected chi connectivity index (χ3v) is 4.29. The molecule has 0 amide bonds. The van der Waals surface area contributed by atoms with Gasteiger partial charge in [0.2, 0.25) is 0 Å². The Morgan fingerprint density at radius 2 is 2.24 bits per heavy atom. The van der Waals surface area contributed by atoms with E-state index in [0.29, 0.717) is 23.4 Å². The highest BCUT2D eigenvalue weighted by Crippen LogP contribution is 2.34. The summed E-state index contributed by atoms with van der Waals surface area (Å²) in [5.41, 5.74) is 0.817. The zero-order valence-electron chi connectivity index (χ0n) is 12.9. The standard InChI is InChI=1S/C16H25ClN2O2/c1-3-19(11-14-6-4-5-7-18-14)10-12-8-13(17)9-15(21-2)16(12)20/h8-9,14,18,20H,3-7,10-11H2,1-2H3. The van der Waals surface area contributed by atoms with Crippen molar-refractivity contribution in [3.8, 4) is 11.5 Å². The molecule has 1 aliphatic rings. The van der Waals surface area contributed by atoms with Crippen molar-refractivity contribution in [2.24, 2.45) is 0 Å². The van der Waals surface area contributed by atoms with Crippen molar-refractivity contribution in [3.05, 3.63) is 22.7 Å². The van der Waals surface area contributed by atoms with E-state index < -0.39 is 0 Å². The van der Waals surface area contributed by atoms with Crippen molar-refractivity contribution in [2.45, 2.75) is 38.8 Å². The Kier molecular flexibility index (Phi) is 6.15. The Hall–Kier alpha value is -0.970. The number of likely N-dealkylation sites (N-methyl/N-ethyl adjacent to an activating group) is 1. The average Bonchev–Trinajstić information content (AvgIpc) is 2.50. The summed E-state index contributed by atoms with van der Waals surface area (Å²) in [5, 5.41) is 14.4. The number of nitrogens with one attached hydrogen (secondary N) is 1. The lowest BCUT2D eigenvalue weighted by Gasteiger charge is -2.30. The number of ether oxygens (including phenoxy) is 1. The summed E-state index contributed by atoms with van der Waals surface area (Å²) in [7, 11) is 1.54. The predicted molar refractivity (Wildman–Crippen MR) is 86.3 cm³/mol. The molecule has 2 rings (SSSR count). The molecule has 2 N–H and O–H groups in total. The van der Waals surface area contributed by atoms with Crippen LogP contribution in [0.2, 0.25) is 5.02 Å². The zero-order chi connectivity index (χ0) is 15.2. The Balaban J connectivity index is 2.05. The molecule has 1 aromatic carbocycles. The second kappa shape index (κ2) is 7.87. The third-order valence-electron chi connectivity index (χ3n) is 4.07. The van der Waals surface area contributed by atoms with Gasteiger partial charge in [0, 0.05) is 35.8 Å². The van der Waals surface area contributed by atoms with Crippen LogP contribution in [0, 0.1) is 0 Å². The first-order valence-electron chi connectivity index (χ1n) is 7.65. The highest BCUT2D eigenvalue weighted by atomic mass is 35.5. The molecule has 5 heteroatoms. The number of aromatic hydroxyl groups is 1. The smallest absolute Gasteiger partial charge is 0.162 e. The van der Waals surface area contributed by atoms with Gasteiger partial charge >= 0.3 is 0 Å². The van der Waals surface area contributed by atoms with E-state index in [9.17, 15) is 5.11 Å². The molecule has 1 atom stereocenters. The molecule has 0 spiro atoms. The summed E-state index contributed by atoms with van der Waals surface area (Å²) in [6.07, 6.45) is 3.79. The highest BCUT2D eigenvalue weighted by molar-refractivity contribution is 6.30. The van der Waals surface area contributed by atoms with E-state index in [0.717, 1.165) is 25.2 Å². The topological polar surface area (TPSA) is 44.7 Å². The van der Waals surface area contributed by atoms with E-state index in [1.807, 2.05) is 6.07 Å². The Bertz CT molecular complexity index is 462. The van der Waals surface area contributed by atoms with E-state index in [-0.39, 0.29) is 5.75 Å². The molecule has 1 unspecified atom stereocenters. The minimum absolute atomic E-state index is 0.192. The predicted octanol–water partition coefficient (Wildman–Crippen LogP) is 3.02. The molecule has 0 aromatic heterocycles. The highest BCUT2D eigenvalue weighted by Gasteiger charge is 2.18. The molecule has 1 saturated heterocycles. The van der Waals surface area contributed by atoms with Gasteiger partial charge in [-0.2, -0.15) is 0 Å². The van der Waals surface area contributed by atoms with Gasteiger partial charge in [0.05, 0.1) is 7.11 Å². The number of halogens is 1. The summed E-state index contributed by atoms with van der Waals surface area (Å²) >= 11 is 6.10. The van der Waals surface area contributed by atoms with Crippen LogP contribution in [0.3, 0.4) is 0 Å². The van der Waals surface area contributed by atoms with Gasteiger partial charge in [-0.25, -0.2) is 0 Å². The maximum absolute atomic E-state index is 10.2. The van der Waals surface area contributed by atoms with Gasteiger partial charge < -0.3 is 15.2 Å². The molecule has 21 heavy (non-hydrogen) atoms. The lowest BCUT2D eigenvalue weighted by molar-refractivity contribution is 0.223. The maximum Gasteiger partial charge on any atom is 0.162 e. The quantitative estimate of drug-likeness (QED) is 0.847. The lowest BCUT2D eigenvalue weighted by Crippen LogP contribution is -2.43. The van der Waals surface area contributed by atoms with E-state index in [2.05, 4.69) is 17.1 Å². The van der Waals surface area contributed by atoms with E-state index in [4.69, 9.17) is 16.3 Å².